The van der Waals surface area contributed by atoms with Crippen molar-refractivity contribution in [3.63, 3.8) is 0 Å². The molecule has 0 aromatic heterocycles. The molecule has 1 unspecified atom stereocenters. The Bertz CT molecular complexity index is 294. The SMILES string of the molecule is CC1CCCCCN(Cc2ccccc2)C1. The zero-order chi connectivity index (χ0) is 11.2. The zero-order valence-electron chi connectivity index (χ0n) is 10.4. The van der Waals surface area contributed by atoms with Gasteiger partial charge in [-0.1, -0.05) is 50.1 Å². The van der Waals surface area contributed by atoms with Crippen molar-refractivity contribution >= 4 is 0 Å². The molecule has 1 aliphatic rings. The van der Waals surface area contributed by atoms with Crippen LogP contribution < -0.4 is 0 Å². The Labute approximate surface area is 99.5 Å². The summed E-state index contributed by atoms with van der Waals surface area (Å²) in [5.41, 5.74) is 1.45. The standard InChI is InChI=1S/C15H23N/c1-14-8-4-3-7-11-16(12-14)13-15-9-5-2-6-10-15/h2,5-6,9-10,14H,3-4,7-8,11-13H2,1H3. The number of likely N-dealkylation sites (tertiary alicyclic amines) is 1. The molecule has 0 spiro atoms. The fourth-order valence-electron chi connectivity index (χ4n) is 2.61. The molecular formula is C15H23N. The second-order valence-electron chi connectivity index (χ2n) is 5.18. The summed E-state index contributed by atoms with van der Waals surface area (Å²) in [5.74, 6) is 0.865. The fraction of sp³-hybridized carbons (Fsp3) is 0.600. The van der Waals surface area contributed by atoms with Crippen molar-refractivity contribution in [1.82, 2.24) is 4.90 Å². The number of hydrogen-bond donors (Lipinski definition) is 0. The van der Waals surface area contributed by atoms with Gasteiger partial charge in [0.25, 0.3) is 0 Å². The first kappa shape index (κ1) is 11.7. The first-order valence-corrected chi connectivity index (χ1v) is 6.61. The lowest BCUT2D eigenvalue weighted by Crippen LogP contribution is -2.30. The van der Waals surface area contributed by atoms with Gasteiger partial charge in [-0.2, -0.15) is 0 Å². The van der Waals surface area contributed by atoms with Crippen LogP contribution in [-0.2, 0) is 6.54 Å². The lowest BCUT2D eigenvalue weighted by molar-refractivity contribution is 0.202. The highest BCUT2D eigenvalue weighted by molar-refractivity contribution is 5.14. The predicted molar refractivity (Wildman–Crippen MR) is 69.4 cm³/mol. The quantitative estimate of drug-likeness (QED) is 0.730. The minimum Gasteiger partial charge on any atom is -0.299 e. The molecule has 1 nitrogen and oxygen atoms in total. The summed E-state index contributed by atoms with van der Waals surface area (Å²) in [7, 11) is 0. The summed E-state index contributed by atoms with van der Waals surface area (Å²) in [6.45, 7) is 6.07. The maximum atomic E-state index is 2.62. The summed E-state index contributed by atoms with van der Waals surface area (Å²) in [5, 5.41) is 0. The maximum absolute atomic E-state index is 2.62. The molecule has 0 aliphatic carbocycles. The summed E-state index contributed by atoms with van der Waals surface area (Å²) in [6.07, 6.45) is 5.63. The Morgan fingerprint density at radius 2 is 1.94 bits per heavy atom. The number of nitrogens with zero attached hydrogens (tertiary/aromatic N) is 1. The third-order valence-electron chi connectivity index (χ3n) is 3.49. The number of benzene rings is 1. The van der Waals surface area contributed by atoms with E-state index in [-0.39, 0.29) is 0 Å². The number of rotatable bonds is 2. The minimum absolute atomic E-state index is 0.865. The monoisotopic (exact) mass is 217 g/mol. The van der Waals surface area contributed by atoms with E-state index < -0.39 is 0 Å². The summed E-state index contributed by atoms with van der Waals surface area (Å²) >= 11 is 0. The molecule has 88 valence electrons. The molecule has 0 N–H and O–H groups in total. The zero-order valence-corrected chi connectivity index (χ0v) is 10.4. The van der Waals surface area contributed by atoms with Crippen molar-refractivity contribution < 1.29 is 0 Å². The molecule has 0 amide bonds. The minimum atomic E-state index is 0.865. The number of hydrogen-bond acceptors (Lipinski definition) is 1. The smallest absolute Gasteiger partial charge is 0.0233 e. The predicted octanol–water partition coefficient (Wildman–Crippen LogP) is 3.70. The van der Waals surface area contributed by atoms with Crippen LogP contribution in [0, 0.1) is 5.92 Å². The second kappa shape index (κ2) is 6.05. The Morgan fingerprint density at radius 3 is 2.75 bits per heavy atom. The van der Waals surface area contributed by atoms with Crippen LogP contribution in [0.4, 0.5) is 0 Å². The van der Waals surface area contributed by atoms with Crippen molar-refractivity contribution in [3.05, 3.63) is 35.9 Å². The highest BCUT2D eigenvalue weighted by Gasteiger charge is 2.13. The van der Waals surface area contributed by atoms with Crippen LogP contribution in [0.3, 0.4) is 0 Å². The Morgan fingerprint density at radius 1 is 1.12 bits per heavy atom. The first-order valence-electron chi connectivity index (χ1n) is 6.61. The molecule has 16 heavy (non-hydrogen) atoms. The molecule has 1 aromatic rings. The van der Waals surface area contributed by atoms with Crippen LogP contribution in [0.5, 0.6) is 0 Å². The van der Waals surface area contributed by atoms with E-state index in [0.717, 1.165) is 12.5 Å². The van der Waals surface area contributed by atoms with E-state index >= 15 is 0 Å². The van der Waals surface area contributed by atoms with Gasteiger partial charge in [-0.05, 0) is 30.9 Å². The Balaban J connectivity index is 1.91. The van der Waals surface area contributed by atoms with Crippen molar-refractivity contribution in [1.29, 1.82) is 0 Å². The molecule has 0 bridgehead atoms. The van der Waals surface area contributed by atoms with Crippen molar-refractivity contribution in [3.8, 4) is 0 Å². The molecule has 0 radical (unpaired) electrons. The van der Waals surface area contributed by atoms with Crippen LogP contribution in [0.15, 0.2) is 30.3 Å². The summed E-state index contributed by atoms with van der Waals surface area (Å²) in [4.78, 5) is 2.62. The molecule has 0 saturated carbocycles. The lowest BCUT2D eigenvalue weighted by Gasteiger charge is -2.28. The highest BCUT2D eigenvalue weighted by Crippen LogP contribution is 2.17. The topological polar surface area (TPSA) is 3.24 Å². The Hall–Kier alpha value is -0.820. The molecule has 1 heteroatoms. The van der Waals surface area contributed by atoms with Gasteiger partial charge in [0.15, 0.2) is 0 Å². The van der Waals surface area contributed by atoms with Crippen molar-refractivity contribution in [2.24, 2.45) is 5.92 Å². The lowest BCUT2D eigenvalue weighted by atomic mass is 9.99. The summed E-state index contributed by atoms with van der Waals surface area (Å²) in [6, 6.07) is 10.9. The van der Waals surface area contributed by atoms with E-state index in [4.69, 9.17) is 0 Å². The van der Waals surface area contributed by atoms with Crippen molar-refractivity contribution in [2.75, 3.05) is 13.1 Å². The van der Waals surface area contributed by atoms with Gasteiger partial charge in [0.1, 0.15) is 0 Å². The van der Waals surface area contributed by atoms with Crippen LogP contribution in [-0.4, -0.2) is 18.0 Å². The molecule has 1 atom stereocenters. The molecule has 1 saturated heterocycles. The van der Waals surface area contributed by atoms with E-state index in [2.05, 4.69) is 42.2 Å². The van der Waals surface area contributed by atoms with E-state index in [1.807, 2.05) is 0 Å². The van der Waals surface area contributed by atoms with Gasteiger partial charge in [0.05, 0.1) is 0 Å². The molecular weight excluding hydrogens is 194 g/mol. The molecule has 1 aliphatic heterocycles. The van der Waals surface area contributed by atoms with Gasteiger partial charge < -0.3 is 0 Å². The van der Waals surface area contributed by atoms with Gasteiger partial charge in [-0.25, -0.2) is 0 Å². The van der Waals surface area contributed by atoms with Gasteiger partial charge in [-0.15, -0.1) is 0 Å². The third-order valence-corrected chi connectivity index (χ3v) is 3.49. The molecule has 2 rings (SSSR count). The van der Waals surface area contributed by atoms with E-state index in [9.17, 15) is 0 Å². The maximum Gasteiger partial charge on any atom is 0.0233 e. The fourth-order valence-corrected chi connectivity index (χ4v) is 2.61. The van der Waals surface area contributed by atoms with E-state index in [1.165, 1.54) is 44.3 Å². The second-order valence-corrected chi connectivity index (χ2v) is 5.18. The van der Waals surface area contributed by atoms with Crippen LogP contribution in [0.2, 0.25) is 0 Å². The molecule has 1 fully saturated rings. The van der Waals surface area contributed by atoms with Gasteiger partial charge >= 0.3 is 0 Å². The van der Waals surface area contributed by atoms with Crippen LogP contribution in [0.1, 0.15) is 38.2 Å². The van der Waals surface area contributed by atoms with Gasteiger partial charge in [0.2, 0.25) is 0 Å². The molecule has 1 aromatic carbocycles. The first-order chi connectivity index (χ1) is 7.84. The van der Waals surface area contributed by atoms with Crippen LogP contribution >= 0.6 is 0 Å². The van der Waals surface area contributed by atoms with Gasteiger partial charge in [0, 0.05) is 13.1 Å². The Kier molecular flexibility index (Phi) is 4.41. The average molecular weight is 217 g/mol. The third kappa shape index (κ3) is 3.64. The van der Waals surface area contributed by atoms with E-state index in [0.29, 0.717) is 0 Å². The largest absolute Gasteiger partial charge is 0.299 e. The van der Waals surface area contributed by atoms with Crippen molar-refractivity contribution in [2.45, 2.75) is 39.2 Å². The molecule has 1 heterocycles. The van der Waals surface area contributed by atoms with E-state index in [1.54, 1.807) is 0 Å². The average Bonchev–Trinajstić information content (AvgIpc) is 2.27. The normalized spacial score (nSPS) is 23.7. The summed E-state index contributed by atoms with van der Waals surface area (Å²) < 4.78 is 0. The van der Waals surface area contributed by atoms with Gasteiger partial charge in [-0.3, -0.25) is 4.90 Å². The van der Waals surface area contributed by atoms with Crippen LogP contribution in [0.25, 0.3) is 0 Å². The highest BCUT2D eigenvalue weighted by atomic mass is 15.1.